The molecule has 1 atom stereocenters. The second-order valence-corrected chi connectivity index (χ2v) is 3.22. The number of likely N-dealkylation sites (N-methyl/N-ethyl adjacent to an activating group) is 2. The van der Waals surface area contributed by atoms with E-state index < -0.39 is 0 Å². The molecule has 0 aliphatic carbocycles. The lowest BCUT2D eigenvalue weighted by atomic mass is 10.2. The van der Waals surface area contributed by atoms with E-state index in [1.807, 2.05) is 14.1 Å². The molecule has 1 amide bonds. The first-order valence-corrected chi connectivity index (χ1v) is 4.50. The van der Waals surface area contributed by atoms with Gasteiger partial charge in [-0.1, -0.05) is 0 Å². The zero-order valence-electron chi connectivity index (χ0n) is 9.16. The lowest BCUT2D eigenvalue weighted by Gasteiger charge is -2.22. The summed E-state index contributed by atoms with van der Waals surface area (Å²) in [6.45, 7) is 1.62. The Morgan fingerprint density at radius 1 is 1.43 bits per heavy atom. The summed E-state index contributed by atoms with van der Waals surface area (Å²) in [6, 6.07) is -0.251. The summed E-state index contributed by atoms with van der Waals surface area (Å²) in [5.41, 5.74) is 0. The van der Waals surface area contributed by atoms with E-state index in [0.717, 1.165) is 0 Å². The van der Waals surface area contributed by atoms with Crippen LogP contribution in [-0.4, -0.2) is 50.6 Å². The van der Waals surface area contributed by atoms with Crippen LogP contribution in [0, 0.1) is 0 Å². The molecule has 0 bridgehead atoms. The highest BCUT2D eigenvalue weighted by molar-refractivity contribution is 5.81. The largest absolute Gasteiger partial charge is 0.466 e. The fourth-order valence-corrected chi connectivity index (χ4v) is 1.10. The van der Waals surface area contributed by atoms with Crippen molar-refractivity contribution in [3.8, 4) is 0 Å². The molecule has 0 saturated heterocycles. The summed E-state index contributed by atoms with van der Waals surface area (Å²) >= 11 is 0. The number of amides is 1. The number of esters is 1. The number of carbonyl (C=O) groups is 2. The zero-order chi connectivity index (χ0) is 11.1. The number of rotatable bonds is 5. The number of nitrogens with one attached hydrogen (secondary N) is 1. The maximum absolute atomic E-state index is 11.3. The third-order valence-corrected chi connectivity index (χ3v) is 1.87. The average Bonchev–Trinajstić information content (AvgIpc) is 2.10. The molecule has 0 spiro atoms. The Balaban J connectivity index is 3.98. The smallest absolute Gasteiger partial charge is 0.302 e. The van der Waals surface area contributed by atoms with Gasteiger partial charge in [-0.25, -0.2) is 0 Å². The van der Waals surface area contributed by atoms with Crippen molar-refractivity contribution >= 4 is 11.9 Å². The Labute approximate surface area is 84.4 Å². The molecular formula is C9H18N2O3. The van der Waals surface area contributed by atoms with E-state index in [0.29, 0.717) is 6.42 Å². The van der Waals surface area contributed by atoms with Gasteiger partial charge < -0.3 is 10.1 Å². The van der Waals surface area contributed by atoms with Crippen LogP contribution in [0.15, 0.2) is 0 Å². The number of carbonyl (C=O) groups excluding carboxylic acids is 2. The van der Waals surface area contributed by atoms with E-state index in [1.54, 1.807) is 11.9 Å². The summed E-state index contributed by atoms with van der Waals surface area (Å²) in [6.07, 6.45) is 0.506. The van der Waals surface area contributed by atoms with Crippen molar-refractivity contribution in [2.45, 2.75) is 19.4 Å². The van der Waals surface area contributed by atoms with Crippen molar-refractivity contribution in [2.75, 3.05) is 27.7 Å². The van der Waals surface area contributed by atoms with Gasteiger partial charge in [-0.3, -0.25) is 14.5 Å². The minimum atomic E-state index is -0.320. The van der Waals surface area contributed by atoms with Crippen LogP contribution in [0.2, 0.25) is 0 Å². The van der Waals surface area contributed by atoms with Crippen LogP contribution in [0.1, 0.15) is 13.3 Å². The monoisotopic (exact) mass is 202 g/mol. The van der Waals surface area contributed by atoms with Gasteiger partial charge >= 0.3 is 5.97 Å². The van der Waals surface area contributed by atoms with Crippen molar-refractivity contribution in [1.82, 2.24) is 10.2 Å². The first-order chi connectivity index (χ1) is 6.49. The second-order valence-electron chi connectivity index (χ2n) is 3.22. The maximum atomic E-state index is 11.3. The first-order valence-electron chi connectivity index (χ1n) is 4.50. The molecule has 0 aromatic heterocycles. The zero-order valence-corrected chi connectivity index (χ0v) is 9.16. The van der Waals surface area contributed by atoms with Crippen LogP contribution in [0.25, 0.3) is 0 Å². The molecule has 0 aromatic carbocycles. The van der Waals surface area contributed by atoms with E-state index in [2.05, 4.69) is 5.32 Å². The molecule has 1 unspecified atom stereocenters. The molecule has 1 N–H and O–H groups in total. The molecule has 0 saturated carbocycles. The topological polar surface area (TPSA) is 58.6 Å². The van der Waals surface area contributed by atoms with Gasteiger partial charge in [0.25, 0.3) is 0 Å². The Morgan fingerprint density at radius 2 is 2.00 bits per heavy atom. The van der Waals surface area contributed by atoms with E-state index >= 15 is 0 Å². The quantitative estimate of drug-likeness (QED) is 0.617. The van der Waals surface area contributed by atoms with Gasteiger partial charge in [0.1, 0.15) is 0 Å². The summed E-state index contributed by atoms with van der Waals surface area (Å²) in [5, 5.41) is 2.56. The highest BCUT2D eigenvalue weighted by atomic mass is 16.5. The van der Waals surface area contributed by atoms with Crippen LogP contribution in [-0.2, 0) is 14.3 Å². The molecule has 0 aliphatic heterocycles. The highest BCUT2D eigenvalue weighted by Gasteiger charge is 2.19. The van der Waals surface area contributed by atoms with Gasteiger partial charge in [0.15, 0.2) is 0 Å². The van der Waals surface area contributed by atoms with Gasteiger partial charge in [-0.15, -0.1) is 0 Å². The van der Waals surface area contributed by atoms with Crippen LogP contribution in [0.3, 0.4) is 0 Å². The van der Waals surface area contributed by atoms with Gasteiger partial charge in [0, 0.05) is 20.4 Å². The van der Waals surface area contributed by atoms with Crippen LogP contribution in [0.4, 0.5) is 0 Å². The molecule has 14 heavy (non-hydrogen) atoms. The minimum Gasteiger partial charge on any atom is -0.466 e. The van der Waals surface area contributed by atoms with Crippen molar-refractivity contribution in [3.63, 3.8) is 0 Å². The third kappa shape index (κ3) is 4.81. The van der Waals surface area contributed by atoms with Gasteiger partial charge in [0.05, 0.1) is 12.6 Å². The SMILES string of the molecule is CNC(=O)C(CCOC(C)=O)N(C)C. The van der Waals surface area contributed by atoms with Crippen molar-refractivity contribution in [2.24, 2.45) is 0 Å². The Kier molecular flexibility index (Phi) is 5.87. The van der Waals surface area contributed by atoms with E-state index in [4.69, 9.17) is 4.74 Å². The number of hydrogen-bond donors (Lipinski definition) is 1. The van der Waals surface area contributed by atoms with Crippen molar-refractivity contribution < 1.29 is 14.3 Å². The molecule has 0 fully saturated rings. The molecule has 0 radical (unpaired) electrons. The molecule has 82 valence electrons. The summed E-state index contributed by atoms with van der Waals surface area (Å²) in [5.74, 6) is -0.387. The number of nitrogens with zero attached hydrogens (tertiary/aromatic N) is 1. The van der Waals surface area contributed by atoms with Crippen molar-refractivity contribution in [1.29, 1.82) is 0 Å². The molecule has 0 heterocycles. The average molecular weight is 202 g/mol. The maximum Gasteiger partial charge on any atom is 0.302 e. The molecule has 0 aliphatic rings. The molecular weight excluding hydrogens is 184 g/mol. The molecule has 5 heteroatoms. The van der Waals surface area contributed by atoms with E-state index in [9.17, 15) is 9.59 Å². The first kappa shape index (κ1) is 12.9. The van der Waals surface area contributed by atoms with E-state index in [-0.39, 0.29) is 24.5 Å². The Morgan fingerprint density at radius 3 is 2.36 bits per heavy atom. The van der Waals surface area contributed by atoms with Crippen LogP contribution < -0.4 is 5.32 Å². The summed E-state index contributed by atoms with van der Waals surface area (Å²) in [7, 11) is 5.21. The lowest BCUT2D eigenvalue weighted by Crippen LogP contribution is -2.42. The predicted molar refractivity (Wildman–Crippen MR) is 52.8 cm³/mol. The lowest BCUT2D eigenvalue weighted by molar-refractivity contribution is -0.142. The molecule has 0 aromatic rings. The molecule has 0 rings (SSSR count). The summed E-state index contributed by atoms with van der Waals surface area (Å²) < 4.78 is 4.77. The highest BCUT2D eigenvalue weighted by Crippen LogP contribution is 2.00. The Bertz CT molecular complexity index is 204. The van der Waals surface area contributed by atoms with Crippen LogP contribution in [0.5, 0.6) is 0 Å². The summed E-state index contributed by atoms with van der Waals surface area (Å²) in [4.78, 5) is 23.6. The number of ether oxygens (including phenoxy) is 1. The molecule has 5 nitrogen and oxygen atoms in total. The van der Waals surface area contributed by atoms with Crippen molar-refractivity contribution in [3.05, 3.63) is 0 Å². The minimum absolute atomic E-state index is 0.0675. The predicted octanol–water partition coefficient (Wildman–Crippen LogP) is -0.384. The normalized spacial score (nSPS) is 12.4. The Hall–Kier alpha value is -1.10. The van der Waals surface area contributed by atoms with Gasteiger partial charge in [-0.2, -0.15) is 0 Å². The van der Waals surface area contributed by atoms with Gasteiger partial charge in [-0.05, 0) is 14.1 Å². The fraction of sp³-hybridized carbons (Fsp3) is 0.778. The van der Waals surface area contributed by atoms with Crippen LogP contribution >= 0.6 is 0 Å². The second kappa shape index (κ2) is 6.37. The fourth-order valence-electron chi connectivity index (χ4n) is 1.10. The number of hydrogen-bond acceptors (Lipinski definition) is 4. The third-order valence-electron chi connectivity index (χ3n) is 1.87. The standard InChI is InChI=1S/C9H18N2O3/c1-7(12)14-6-5-8(11(3)4)9(13)10-2/h8H,5-6H2,1-4H3,(H,10,13). The van der Waals surface area contributed by atoms with E-state index in [1.165, 1.54) is 6.92 Å². The van der Waals surface area contributed by atoms with Gasteiger partial charge in [0.2, 0.25) is 5.91 Å².